The number of amides is 4. The lowest BCUT2D eigenvalue weighted by Crippen LogP contribution is -2.67. The number of hydrogen-bond acceptors (Lipinski definition) is 5. The van der Waals surface area contributed by atoms with Gasteiger partial charge in [-0.1, -0.05) is 28.1 Å². The number of ether oxygens (including phenoxy) is 1. The monoisotopic (exact) mass is 591 g/mol. The van der Waals surface area contributed by atoms with Gasteiger partial charge in [0, 0.05) is 13.7 Å². The Labute approximate surface area is 199 Å². The Morgan fingerprint density at radius 3 is 1.84 bits per heavy atom. The highest BCUT2D eigenvalue weighted by atomic mass is 127. The summed E-state index contributed by atoms with van der Waals surface area (Å²) < 4.78 is 7.75. The molecular weight excluding hydrogens is 577 g/mol. The van der Waals surface area contributed by atoms with E-state index in [9.17, 15) is 14.4 Å². The van der Waals surface area contributed by atoms with E-state index in [2.05, 4.69) is 54.5 Å². The lowest BCUT2D eigenvalue weighted by molar-refractivity contribution is -0.137. The number of urea groups is 1. The highest BCUT2D eigenvalue weighted by Crippen LogP contribution is 2.32. The third-order valence-corrected chi connectivity index (χ3v) is 5.90. The summed E-state index contributed by atoms with van der Waals surface area (Å²) in [7, 11) is 0. The van der Waals surface area contributed by atoms with Crippen molar-refractivity contribution in [2.24, 2.45) is 0 Å². The predicted molar refractivity (Wildman–Crippen MR) is 127 cm³/mol. The quantitative estimate of drug-likeness (QED) is 0.299. The molecule has 0 saturated carbocycles. The molecule has 156 valence electrons. The van der Waals surface area contributed by atoms with Crippen LogP contribution in [0.4, 0.5) is 10.5 Å². The van der Waals surface area contributed by atoms with E-state index in [1.807, 2.05) is 36.4 Å². The standard InChI is InChI=1S/C22H15BrIN3O4/c23-14-3-11-18(12-4-14)31-17-9-1-13(2-10-17)22(19(28)25-21(30)26-20(22)29)27-16-7-5-15(24)6-8-16/h1-12,27H,(H2,25,26,28,29,30). The van der Waals surface area contributed by atoms with Crippen LogP contribution in [0.5, 0.6) is 11.5 Å². The SMILES string of the molecule is O=C1NC(=O)C(Nc2ccc(I)cc2)(c2ccc(Oc3ccc(Br)cc3)cc2)C(=O)N1. The average molecular weight is 592 g/mol. The molecule has 0 bridgehead atoms. The largest absolute Gasteiger partial charge is 0.457 e. The molecule has 1 aliphatic rings. The third kappa shape index (κ3) is 4.42. The number of carbonyl (C=O) groups excluding carboxylic acids is 3. The van der Waals surface area contributed by atoms with E-state index in [1.54, 1.807) is 36.4 Å². The summed E-state index contributed by atoms with van der Waals surface area (Å²) in [5.41, 5.74) is -0.913. The molecule has 31 heavy (non-hydrogen) atoms. The first-order chi connectivity index (χ1) is 14.9. The fourth-order valence-corrected chi connectivity index (χ4v) is 3.76. The van der Waals surface area contributed by atoms with E-state index in [0.717, 1.165) is 8.04 Å². The molecule has 0 unspecified atom stereocenters. The van der Waals surface area contributed by atoms with Crippen molar-refractivity contribution in [1.82, 2.24) is 10.6 Å². The molecule has 1 heterocycles. The highest BCUT2D eigenvalue weighted by molar-refractivity contribution is 14.1. The summed E-state index contributed by atoms with van der Waals surface area (Å²) in [5.74, 6) is -0.354. The maximum atomic E-state index is 12.9. The molecule has 1 saturated heterocycles. The molecule has 0 atom stereocenters. The van der Waals surface area contributed by atoms with E-state index in [-0.39, 0.29) is 0 Å². The van der Waals surface area contributed by atoms with Gasteiger partial charge in [-0.25, -0.2) is 4.79 Å². The van der Waals surface area contributed by atoms with Crippen LogP contribution in [0.1, 0.15) is 5.56 Å². The molecule has 0 spiro atoms. The van der Waals surface area contributed by atoms with E-state index in [4.69, 9.17) is 4.74 Å². The molecule has 4 rings (SSSR count). The van der Waals surface area contributed by atoms with Crippen LogP contribution < -0.4 is 20.7 Å². The summed E-state index contributed by atoms with van der Waals surface area (Å²) in [6, 6.07) is 20.2. The second-order valence-corrected chi connectivity index (χ2v) is 8.86. The van der Waals surface area contributed by atoms with Gasteiger partial charge in [0.15, 0.2) is 0 Å². The number of benzene rings is 3. The van der Waals surface area contributed by atoms with E-state index >= 15 is 0 Å². The Bertz CT molecular complexity index is 1130. The van der Waals surface area contributed by atoms with Crippen LogP contribution in [-0.2, 0) is 15.1 Å². The van der Waals surface area contributed by atoms with Gasteiger partial charge >= 0.3 is 6.03 Å². The smallest absolute Gasteiger partial charge is 0.328 e. The van der Waals surface area contributed by atoms with Crippen molar-refractivity contribution in [3.63, 3.8) is 0 Å². The summed E-state index contributed by atoms with van der Waals surface area (Å²) >= 11 is 5.53. The van der Waals surface area contributed by atoms with E-state index < -0.39 is 23.4 Å². The summed E-state index contributed by atoms with van der Waals surface area (Å²) in [5, 5.41) is 7.37. The molecule has 3 aromatic carbocycles. The average Bonchev–Trinajstić information content (AvgIpc) is 2.74. The Kier molecular flexibility index (Phi) is 5.96. The first-order valence-corrected chi connectivity index (χ1v) is 11.0. The van der Waals surface area contributed by atoms with Gasteiger partial charge in [0.05, 0.1) is 0 Å². The van der Waals surface area contributed by atoms with Crippen molar-refractivity contribution < 1.29 is 19.1 Å². The minimum absolute atomic E-state index is 0.358. The fraction of sp³-hybridized carbons (Fsp3) is 0.0455. The molecule has 7 nitrogen and oxygen atoms in total. The number of barbiturate groups is 1. The van der Waals surface area contributed by atoms with Crippen molar-refractivity contribution in [3.8, 4) is 11.5 Å². The number of anilines is 1. The Balaban J connectivity index is 1.68. The minimum Gasteiger partial charge on any atom is -0.457 e. The van der Waals surface area contributed by atoms with Crippen LogP contribution in [-0.4, -0.2) is 17.8 Å². The Hall–Kier alpha value is -2.92. The lowest BCUT2D eigenvalue weighted by atomic mass is 9.86. The van der Waals surface area contributed by atoms with E-state index in [0.29, 0.717) is 22.7 Å². The lowest BCUT2D eigenvalue weighted by Gasteiger charge is -2.35. The minimum atomic E-state index is -1.82. The summed E-state index contributed by atoms with van der Waals surface area (Å²) in [6.07, 6.45) is 0. The van der Waals surface area contributed by atoms with Crippen molar-refractivity contribution in [3.05, 3.63) is 86.4 Å². The maximum Gasteiger partial charge on any atom is 0.328 e. The summed E-state index contributed by atoms with van der Waals surface area (Å²) in [6.45, 7) is 0. The first-order valence-electron chi connectivity index (χ1n) is 9.11. The highest BCUT2D eigenvalue weighted by Gasteiger charge is 2.52. The molecule has 0 aliphatic carbocycles. The van der Waals surface area contributed by atoms with E-state index in [1.165, 1.54) is 0 Å². The molecule has 9 heteroatoms. The van der Waals surface area contributed by atoms with Crippen LogP contribution in [0.3, 0.4) is 0 Å². The molecule has 3 N–H and O–H groups in total. The normalized spacial score (nSPS) is 15.1. The van der Waals surface area contributed by atoms with Crippen LogP contribution in [0.25, 0.3) is 0 Å². The van der Waals surface area contributed by atoms with Crippen LogP contribution >= 0.6 is 38.5 Å². The number of rotatable bonds is 5. The number of carbonyl (C=O) groups is 3. The topological polar surface area (TPSA) is 96.5 Å². The van der Waals surface area contributed by atoms with Crippen molar-refractivity contribution in [1.29, 1.82) is 0 Å². The van der Waals surface area contributed by atoms with Gasteiger partial charge in [-0.2, -0.15) is 0 Å². The van der Waals surface area contributed by atoms with Crippen LogP contribution in [0.15, 0.2) is 77.3 Å². The van der Waals surface area contributed by atoms with Gasteiger partial charge in [0.25, 0.3) is 11.8 Å². The Morgan fingerprint density at radius 2 is 1.29 bits per heavy atom. The maximum absolute atomic E-state index is 12.9. The van der Waals surface area contributed by atoms with Gasteiger partial charge in [0.2, 0.25) is 5.54 Å². The molecule has 1 fully saturated rings. The zero-order valence-electron chi connectivity index (χ0n) is 15.8. The fourth-order valence-electron chi connectivity index (χ4n) is 3.14. The first kappa shape index (κ1) is 21.3. The summed E-state index contributed by atoms with van der Waals surface area (Å²) in [4.78, 5) is 37.5. The number of nitrogens with one attached hydrogen (secondary N) is 3. The molecule has 0 aromatic heterocycles. The third-order valence-electron chi connectivity index (χ3n) is 4.65. The molecule has 1 aliphatic heterocycles. The van der Waals surface area contributed by atoms with Crippen molar-refractivity contribution in [2.75, 3.05) is 5.32 Å². The molecule has 3 aromatic rings. The van der Waals surface area contributed by atoms with Gasteiger partial charge in [0.1, 0.15) is 11.5 Å². The second-order valence-electron chi connectivity index (χ2n) is 6.70. The number of imide groups is 2. The van der Waals surface area contributed by atoms with Crippen molar-refractivity contribution >= 4 is 62.1 Å². The van der Waals surface area contributed by atoms with Gasteiger partial charge in [-0.15, -0.1) is 0 Å². The van der Waals surface area contributed by atoms with Crippen LogP contribution in [0.2, 0.25) is 0 Å². The zero-order valence-corrected chi connectivity index (χ0v) is 19.6. The number of hydrogen-bond donors (Lipinski definition) is 3. The molecule has 0 radical (unpaired) electrons. The predicted octanol–water partition coefficient (Wildman–Crippen LogP) is 4.52. The van der Waals surface area contributed by atoms with Crippen LogP contribution in [0, 0.1) is 3.57 Å². The molecule has 4 amide bonds. The second kappa shape index (κ2) is 8.67. The van der Waals surface area contributed by atoms with Gasteiger partial charge in [-0.3, -0.25) is 20.2 Å². The zero-order chi connectivity index (χ0) is 22.0. The Morgan fingerprint density at radius 1 is 0.774 bits per heavy atom. The van der Waals surface area contributed by atoms with Gasteiger partial charge < -0.3 is 10.1 Å². The number of halogens is 2. The molecular formula is C22H15BrIN3O4. The van der Waals surface area contributed by atoms with Gasteiger partial charge in [-0.05, 0) is 88.8 Å². The van der Waals surface area contributed by atoms with Crippen molar-refractivity contribution in [2.45, 2.75) is 5.54 Å².